The van der Waals surface area contributed by atoms with Crippen LogP contribution in [0, 0.1) is 5.82 Å². The van der Waals surface area contributed by atoms with Crippen LogP contribution in [0.2, 0.25) is 5.02 Å². The first kappa shape index (κ1) is 7.22. The Morgan fingerprint density at radius 1 is 1.60 bits per heavy atom. The van der Waals surface area contributed by atoms with Gasteiger partial charge in [0.15, 0.2) is 0 Å². The third-order valence-electron chi connectivity index (χ3n) is 1.09. The Kier molecular flexibility index (Phi) is 2.02. The predicted octanol–water partition coefficient (Wildman–Crippen LogP) is 2.52. The molecule has 1 aromatic rings. The highest BCUT2D eigenvalue weighted by atomic mass is 35.5. The molecule has 52 valence electrons. The van der Waals surface area contributed by atoms with Crippen LogP contribution < -0.4 is 0 Å². The van der Waals surface area contributed by atoms with E-state index in [2.05, 4.69) is 11.6 Å². The molecule has 0 amide bonds. The standard InChI is InChI=1S/C7H5ClFN/c1-2-5-6(8)3-10-4-7(5)9/h2-4H,1H2. The number of halogens is 2. The minimum Gasteiger partial charge on any atom is -0.260 e. The quantitative estimate of drug-likeness (QED) is 0.611. The van der Waals surface area contributed by atoms with Gasteiger partial charge in [-0.05, 0) is 0 Å². The molecule has 0 unspecified atom stereocenters. The molecule has 0 fully saturated rings. The highest BCUT2D eigenvalue weighted by Gasteiger charge is 2.01. The van der Waals surface area contributed by atoms with E-state index in [-0.39, 0.29) is 5.02 Å². The molecule has 1 nitrogen and oxygen atoms in total. The number of nitrogens with zero attached hydrogens (tertiary/aromatic N) is 1. The van der Waals surface area contributed by atoms with Crippen molar-refractivity contribution in [1.29, 1.82) is 0 Å². The van der Waals surface area contributed by atoms with Crippen molar-refractivity contribution in [3.8, 4) is 0 Å². The maximum atomic E-state index is 12.6. The van der Waals surface area contributed by atoms with Crippen molar-refractivity contribution in [3.63, 3.8) is 0 Å². The van der Waals surface area contributed by atoms with Crippen molar-refractivity contribution < 1.29 is 4.39 Å². The third-order valence-corrected chi connectivity index (χ3v) is 1.40. The minimum absolute atomic E-state index is 0.287. The first-order valence-electron chi connectivity index (χ1n) is 2.67. The second-order valence-electron chi connectivity index (χ2n) is 1.72. The lowest BCUT2D eigenvalue weighted by atomic mass is 10.2. The van der Waals surface area contributed by atoms with Gasteiger partial charge >= 0.3 is 0 Å². The molecule has 0 radical (unpaired) electrons. The third kappa shape index (κ3) is 1.16. The van der Waals surface area contributed by atoms with Crippen LogP contribution in [-0.2, 0) is 0 Å². The molecular formula is C7H5ClFN. The molecule has 1 heterocycles. The average molecular weight is 158 g/mol. The fourth-order valence-corrected chi connectivity index (χ4v) is 0.840. The van der Waals surface area contributed by atoms with E-state index in [0.717, 1.165) is 6.20 Å². The van der Waals surface area contributed by atoms with Gasteiger partial charge in [-0.15, -0.1) is 0 Å². The van der Waals surface area contributed by atoms with Gasteiger partial charge in [0.05, 0.1) is 11.2 Å². The highest BCUT2D eigenvalue weighted by Crippen LogP contribution is 2.17. The number of pyridine rings is 1. The van der Waals surface area contributed by atoms with Crippen LogP contribution in [0.15, 0.2) is 19.0 Å². The summed E-state index contributed by atoms with van der Waals surface area (Å²) in [6, 6.07) is 0. The number of hydrogen-bond acceptors (Lipinski definition) is 1. The molecule has 3 heteroatoms. The largest absolute Gasteiger partial charge is 0.260 e. The molecule has 0 saturated heterocycles. The topological polar surface area (TPSA) is 12.9 Å². The van der Waals surface area contributed by atoms with E-state index in [1.54, 1.807) is 0 Å². The average Bonchev–Trinajstić information content (AvgIpc) is 1.88. The van der Waals surface area contributed by atoms with Crippen molar-refractivity contribution in [3.05, 3.63) is 35.4 Å². The zero-order valence-electron chi connectivity index (χ0n) is 5.14. The SMILES string of the molecule is C=Cc1c(F)cncc1Cl. The maximum Gasteiger partial charge on any atom is 0.150 e. The Morgan fingerprint density at radius 3 is 2.70 bits per heavy atom. The Hall–Kier alpha value is -0.890. The van der Waals surface area contributed by atoms with Crippen LogP contribution in [0.4, 0.5) is 4.39 Å². The molecule has 0 aliphatic rings. The van der Waals surface area contributed by atoms with Crippen molar-refractivity contribution in [2.24, 2.45) is 0 Å². The van der Waals surface area contributed by atoms with E-state index in [1.165, 1.54) is 12.3 Å². The van der Waals surface area contributed by atoms with Crippen molar-refractivity contribution in [2.75, 3.05) is 0 Å². The van der Waals surface area contributed by atoms with Crippen molar-refractivity contribution >= 4 is 17.7 Å². The molecule has 0 saturated carbocycles. The Bertz CT molecular complexity index is 240. The van der Waals surface area contributed by atoms with E-state index in [9.17, 15) is 4.39 Å². The van der Waals surface area contributed by atoms with Crippen LogP contribution in [0.1, 0.15) is 5.56 Å². The molecular weight excluding hydrogens is 153 g/mol. The van der Waals surface area contributed by atoms with Gasteiger partial charge in [0.1, 0.15) is 5.82 Å². The lowest BCUT2D eigenvalue weighted by Crippen LogP contribution is -1.84. The van der Waals surface area contributed by atoms with Gasteiger partial charge in [-0.2, -0.15) is 0 Å². The second kappa shape index (κ2) is 2.80. The fourth-order valence-electron chi connectivity index (χ4n) is 0.616. The van der Waals surface area contributed by atoms with Crippen LogP contribution in [0.3, 0.4) is 0 Å². The van der Waals surface area contributed by atoms with E-state index in [1.807, 2.05) is 0 Å². The molecule has 1 rings (SSSR count). The summed E-state index contributed by atoms with van der Waals surface area (Å²) in [6.07, 6.45) is 3.84. The molecule has 0 spiro atoms. The fraction of sp³-hybridized carbons (Fsp3) is 0. The van der Waals surface area contributed by atoms with Crippen LogP contribution in [-0.4, -0.2) is 4.98 Å². The van der Waals surface area contributed by atoms with Gasteiger partial charge in [-0.3, -0.25) is 4.98 Å². The summed E-state index contributed by atoms with van der Waals surface area (Å²) in [5, 5.41) is 0.287. The molecule has 0 aromatic carbocycles. The number of hydrogen-bond donors (Lipinski definition) is 0. The summed E-state index contributed by atoms with van der Waals surface area (Å²) in [5.41, 5.74) is 0.302. The summed E-state index contributed by atoms with van der Waals surface area (Å²) in [4.78, 5) is 3.54. The van der Waals surface area contributed by atoms with Crippen molar-refractivity contribution in [2.45, 2.75) is 0 Å². The Labute approximate surface area is 63.2 Å². The normalized spacial score (nSPS) is 9.40. The van der Waals surface area contributed by atoms with E-state index < -0.39 is 5.82 Å². The maximum absolute atomic E-state index is 12.6. The zero-order chi connectivity index (χ0) is 7.56. The van der Waals surface area contributed by atoms with E-state index in [4.69, 9.17) is 11.6 Å². The summed E-state index contributed by atoms with van der Waals surface area (Å²) in [7, 11) is 0. The molecule has 0 atom stereocenters. The predicted molar refractivity (Wildman–Crippen MR) is 39.3 cm³/mol. The molecule has 1 aromatic heterocycles. The van der Waals surface area contributed by atoms with Gasteiger partial charge in [0.2, 0.25) is 0 Å². The van der Waals surface area contributed by atoms with Gasteiger partial charge in [0, 0.05) is 11.8 Å². The molecule has 0 aliphatic carbocycles. The molecule has 10 heavy (non-hydrogen) atoms. The molecule has 0 aliphatic heterocycles. The smallest absolute Gasteiger partial charge is 0.150 e. The monoisotopic (exact) mass is 157 g/mol. The van der Waals surface area contributed by atoms with Gasteiger partial charge in [0.25, 0.3) is 0 Å². The van der Waals surface area contributed by atoms with Gasteiger partial charge in [-0.1, -0.05) is 24.3 Å². The summed E-state index contributed by atoms with van der Waals surface area (Å²) < 4.78 is 12.6. The number of aromatic nitrogens is 1. The van der Waals surface area contributed by atoms with Crippen LogP contribution >= 0.6 is 11.6 Å². The lowest BCUT2D eigenvalue weighted by Gasteiger charge is -1.96. The molecule has 0 bridgehead atoms. The lowest BCUT2D eigenvalue weighted by molar-refractivity contribution is 0.619. The first-order chi connectivity index (χ1) is 4.75. The summed E-state index contributed by atoms with van der Waals surface area (Å²) >= 11 is 5.56. The summed E-state index contributed by atoms with van der Waals surface area (Å²) in [6.45, 7) is 3.40. The summed E-state index contributed by atoms with van der Waals surface area (Å²) in [5.74, 6) is -0.442. The zero-order valence-corrected chi connectivity index (χ0v) is 5.90. The second-order valence-corrected chi connectivity index (χ2v) is 2.13. The minimum atomic E-state index is -0.442. The molecule has 0 N–H and O–H groups in total. The van der Waals surface area contributed by atoms with Crippen molar-refractivity contribution in [1.82, 2.24) is 4.98 Å². The van der Waals surface area contributed by atoms with E-state index >= 15 is 0 Å². The van der Waals surface area contributed by atoms with E-state index in [0.29, 0.717) is 5.56 Å². The Balaban J connectivity index is 3.30. The van der Waals surface area contributed by atoms with Gasteiger partial charge in [-0.25, -0.2) is 4.39 Å². The number of rotatable bonds is 1. The highest BCUT2D eigenvalue weighted by molar-refractivity contribution is 6.31. The Morgan fingerprint density at radius 2 is 2.30 bits per heavy atom. The van der Waals surface area contributed by atoms with Gasteiger partial charge < -0.3 is 0 Å². The first-order valence-corrected chi connectivity index (χ1v) is 3.05. The van der Waals surface area contributed by atoms with Crippen LogP contribution in [0.5, 0.6) is 0 Å². The van der Waals surface area contributed by atoms with Crippen LogP contribution in [0.25, 0.3) is 6.08 Å².